The quantitative estimate of drug-likeness (QED) is 0.893. The van der Waals surface area contributed by atoms with E-state index in [0.29, 0.717) is 17.1 Å². The van der Waals surface area contributed by atoms with E-state index in [1.54, 1.807) is 18.2 Å². The summed E-state index contributed by atoms with van der Waals surface area (Å²) in [6.45, 7) is 0. The lowest BCUT2D eigenvalue weighted by molar-refractivity contribution is 0.0690. The molecule has 0 bridgehead atoms. The van der Waals surface area contributed by atoms with Crippen molar-refractivity contribution in [3.8, 4) is 23.0 Å². The van der Waals surface area contributed by atoms with Crippen molar-refractivity contribution in [3.63, 3.8) is 0 Å². The molecule has 0 saturated carbocycles. The molecule has 6 nitrogen and oxygen atoms in total. The van der Waals surface area contributed by atoms with Gasteiger partial charge in [-0.05, 0) is 12.1 Å². The molecule has 18 heavy (non-hydrogen) atoms. The molecule has 0 saturated heterocycles. The van der Waals surface area contributed by atoms with Crippen molar-refractivity contribution in [2.45, 2.75) is 0 Å². The maximum Gasteiger partial charge on any atom is 0.357 e. The number of aromatic nitrogens is 1. The standard InChI is InChI=1S/C12H11NO5/c1-16-9-5-3-4-7(10(9)17-2)11-13-8(6-18-11)12(14)15/h3-6H,1-2H3,(H,14,15). The number of carbonyl (C=O) groups is 1. The largest absolute Gasteiger partial charge is 0.493 e. The summed E-state index contributed by atoms with van der Waals surface area (Å²) in [6, 6.07) is 5.17. The third-order valence-corrected chi connectivity index (χ3v) is 2.36. The molecule has 0 fully saturated rings. The molecule has 1 N–H and O–H groups in total. The van der Waals surface area contributed by atoms with Gasteiger partial charge in [-0.3, -0.25) is 0 Å². The minimum absolute atomic E-state index is 0.158. The van der Waals surface area contributed by atoms with Gasteiger partial charge in [-0.25, -0.2) is 9.78 Å². The van der Waals surface area contributed by atoms with Crippen LogP contribution in [0.4, 0.5) is 0 Å². The van der Waals surface area contributed by atoms with Crippen LogP contribution in [0, 0.1) is 0 Å². The number of benzene rings is 1. The molecule has 1 aromatic carbocycles. The minimum Gasteiger partial charge on any atom is -0.493 e. The Labute approximate surface area is 103 Å². The van der Waals surface area contributed by atoms with Crippen LogP contribution in [0.15, 0.2) is 28.9 Å². The molecule has 0 spiro atoms. The number of methoxy groups -OCH3 is 2. The lowest BCUT2D eigenvalue weighted by Gasteiger charge is -2.09. The number of ether oxygens (including phenoxy) is 2. The third-order valence-electron chi connectivity index (χ3n) is 2.36. The van der Waals surface area contributed by atoms with Crippen LogP contribution in [0.1, 0.15) is 10.5 Å². The zero-order chi connectivity index (χ0) is 13.1. The van der Waals surface area contributed by atoms with Crippen LogP contribution in [0.2, 0.25) is 0 Å². The molecule has 0 aliphatic rings. The van der Waals surface area contributed by atoms with E-state index >= 15 is 0 Å². The molecule has 2 aromatic rings. The lowest BCUT2D eigenvalue weighted by atomic mass is 10.2. The summed E-state index contributed by atoms with van der Waals surface area (Å²) in [5.41, 5.74) is 0.374. The van der Waals surface area contributed by atoms with Crippen LogP contribution in [0.5, 0.6) is 11.5 Å². The topological polar surface area (TPSA) is 81.8 Å². The number of carboxylic acids is 1. The smallest absolute Gasteiger partial charge is 0.357 e. The summed E-state index contributed by atoms with van der Waals surface area (Å²) >= 11 is 0. The number of para-hydroxylation sites is 1. The summed E-state index contributed by atoms with van der Waals surface area (Å²) < 4.78 is 15.5. The molecular formula is C12H11NO5. The van der Waals surface area contributed by atoms with Gasteiger partial charge < -0.3 is 19.0 Å². The first-order valence-corrected chi connectivity index (χ1v) is 5.07. The summed E-state index contributed by atoms with van der Waals surface area (Å²) in [6.07, 6.45) is 1.08. The molecule has 2 rings (SSSR count). The molecule has 1 heterocycles. The second kappa shape index (κ2) is 4.79. The van der Waals surface area contributed by atoms with Crippen LogP contribution in [-0.4, -0.2) is 30.3 Å². The van der Waals surface area contributed by atoms with Crippen molar-refractivity contribution < 1.29 is 23.8 Å². The number of hydrogen-bond acceptors (Lipinski definition) is 5. The number of carboxylic acid groups (broad SMARTS) is 1. The van der Waals surface area contributed by atoms with Gasteiger partial charge >= 0.3 is 5.97 Å². The maximum absolute atomic E-state index is 10.7. The highest BCUT2D eigenvalue weighted by molar-refractivity contribution is 5.85. The highest BCUT2D eigenvalue weighted by Gasteiger charge is 2.17. The molecule has 0 aliphatic heterocycles. The average molecular weight is 249 g/mol. The van der Waals surface area contributed by atoms with E-state index in [0.717, 1.165) is 6.26 Å². The second-order valence-electron chi connectivity index (χ2n) is 3.38. The van der Waals surface area contributed by atoms with Gasteiger partial charge in [0.2, 0.25) is 5.89 Å². The average Bonchev–Trinajstić information content (AvgIpc) is 2.87. The Morgan fingerprint density at radius 2 is 2.11 bits per heavy atom. The van der Waals surface area contributed by atoms with Crippen molar-refractivity contribution in [2.75, 3.05) is 14.2 Å². The van der Waals surface area contributed by atoms with E-state index in [2.05, 4.69) is 4.98 Å². The molecule has 0 radical (unpaired) electrons. The first-order chi connectivity index (χ1) is 8.67. The fourth-order valence-electron chi connectivity index (χ4n) is 1.55. The fourth-order valence-corrected chi connectivity index (χ4v) is 1.55. The molecular weight excluding hydrogens is 238 g/mol. The van der Waals surface area contributed by atoms with Crippen molar-refractivity contribution in [2.24, 2.45) is 0 Å². The van der Waals surface area contributed by atoms with Crippen molar-refractivity contribution in [1.29, 1.82) is 0 Å². The fraction of sp³-hybridized carbons (Fsp3) is 0.167. The number of hydrogen-bond donors (Lipinski definition) is 1. The molecule has 0 amide bonds. The van der Waals surface area contributed by atoms with Gasteiger partial charge in [0.25, 0.3) is 0 Å². The highest BCUT2D eigenvalue weighted by atomic mass is 16.5. The Morgan fingerprint density at radius 3 is 2.67 bits per heavy atom. The van der Waals surface area contributed by atoms with Gasteiger partial charge in [0, 0.05) is 0 Å². The molecule has 94 valence electrons. The van der Waals surface area contributed by atoms with Crippen molar-refractivity contribution in [3.05, 3.63) is 30.2 Å². The van der Waals surface area contributed by atoms with E-state index in [-0.39, 0.29) is 11.6 Å². The lowest BCUT2D eigenvalue weighted by Crippen LogP contribution is -1.96. The summed E-state index contributed by atoms with van der Waals surface area (Å²) in [5, 5.41) is 8.79. The molecule has 6 heteroatoms. The zero-order valence-electron chi connectivity index (χ0n) is 9.84. The normalized spacial score (nSPS) is 10.1. The first kappa shape index (κ1) is 12.0. The number of nitrogens with zero attached hydrogens (tertiary/aromatic N) is 1. The van der Waals surface area contributed by atoms with Crippen LogP contribution >= 0.6 is 0 Å². The highest BCUT2D eigenvalue weighted by Crippen LogP contribution is 2.37. The van der Waals surface area contributed by atoms with Gasteiger partial charge in [-0.2, -0.15) is 0 Å². The van der Waals surface area contributed by atoms with Crippen molar-refractivity contribution >= 4 is 5.97 Å². The Bertz CT molecular complexity index is 576. The Balaban J connectivity index is 2.52. The summed E-state index contributed by atoms with van der Waals surface area (Å²) in [5.74, 6) is -0.0149. The van der Waals surface area contributed by atoms with E-state index in [4.69, 9.17) is 19.0 Å². The van der Waals surface area contributed by atoms with E-state index in [1.807, 2.05) is 0 Å². The predicted octanol–water partition coefficient (Wildman–Crippen LogP) is 2.06. The van der Waals surface area contributed by atoms with Crippen LogP contribution < -0.4 is 9.47 Å². The Kier molecular flexibility index (Phi) is 3.18. The SMILES string of the molecule is COc1cccc(-c2nc(C(=O)O)co2)c1OC. The predicted molar refractivity (Wildman–Crippen MR) is 62.0 cm³/mol. The maximum atomic E-state index is 10.7. The summed E-state index contributed by atoms with van der Waals surface area (Å²) in [4.78, 5) is 14.6. The van der Waals surface area contributed by atoms with Crippen LogP contribution in [0.25, 0.3) is 11.5 Å². The number of rotatable bonds is 4. The van der Waals surface area contributed by atoms with E-state index in [1.165, 1.54) is 14.2 Å². The van der Waals surface area contributed by atoms with E-state index < -0.39 is 5.97 Å². The molecule has 0 atom stereocenters. The molecule has 0 unspecified atom stereocenters. The Morgan fingerprint density at radius 1 is 1.33 bits per heavy atom. The first-order valence-electron chi connectivity index (χ1n) is 5.07. The molecule has 1 aromatic heterocycles. The van der Waals surface area contributed by atoms with Crippen molar-refractivity contribution in [1.82, 2.24) is 4.98 Å². The Hall–Kier alpha value is -2.50. The van der Waals surface area contributed by atoms with Gasteiger partial charge in [-0.15, -0.1) is 0 Å². The number of aromatic carboxylic acids is 1. The minimum atomic E-state index is -1.15. The summed E-state index contributed by atoms with van der Waals surface area (Å²) in [7, 11) is 3.00. The zero-order valence-corrected chi connectivity index (χ0v) is 9.84. The third kappa shape index (κ3) is 2.00. The molecule has 0 aliphatic carbocycles. The van der Waals surface area contributed by atoms with Crippen LogP contribution in [0.3, 0.4) is 0 Å². The van der Waals surface area contributed by atoms with Gasteiger partial charge in [0.1, 0.15) is 6.26 Å². The van der Waals surface area contributed by atoms with Crippen LogP contribution in [-0.2, 0) is 0 Å². The monoisotopic (exact) mass is 249 g/mol. The second-order valence-corrected chi connectivity index (χ2v) is 3.38. The number of oxazole rings is 1. The van der Waals surface area contributed by atoms with Gasteiger partial charge in [-0.1, -0.05) is 6.07 Å². The van der Waals surface area contributed by atoms with E-state index in [9.17, 15) is 4.79 Å². The van der Waals surface area contributed by atoms with Gasteiger partial charge in [0.05, 0.1) is 19.8 Å². The van der Waals surface area contributed by atoms with Gasteiger partial charge in [0.15, 0.2) is 17.2 Å².